The third-order valence-electron chi connectivity index (χ3n) is 4.65. The van der Waals surface area contributed by atoms with Crippen LogP contribution in [0.15, 0.2) is 18.2 Å². The van der Waals surface area contributed by atoms with Crippen LogP contribution in [-0.4, -0.2) is 35.3 Å². The second-order valence-corrected chi connectivity index (χ2v) is 6.00. The maximum Gasteiger partial charge on any atom is 0.129 e. The molecule has 2 aliphatic rings. The third-order valence-corrected chi connectivity index (χ3v) is 4.65. The van der Waals surface area contributed by atoms with Gasteiger partial charge >= 0.3 is 0 Å². The molecule has 4 heteroatoms. The fourth-order valence-corrected chi connectivity index (χ4v) is 3.34. The van der Waals surface area contributed by atoms with Crippen LogP contribution < -0.4 is 0 Å². The molecule has 20 heavy (non-hydrogen) atoms. The molecule has 1 aromatic rings. The second kappa shape index (κ2) is 5.80. The van der Waals surface area contributed by atoms with Crippen molar-refractivity contribution < 1.29 is 14.2 Å². The van der Waals surface area contributed by atoms with E-state index in [9.17, 15) is 4.39 Å². The SMILES string of the molecule is OCc1ccc(CN2CCC3(CCCO3)CC2)cc1F. The molecular weight excluding hydrogens is 257 g/mol. The summed E-state index contributed by atoms with van der Waals surface area (Å²) in [5, 5.41) is 8.98. The molecule has 0 amide bonds. The highest BCUT2D eigenvalue weighted by atomic mass is 19.1. The molecule has 2 heterocycles. The lowest BCUT2D eigenvalue weighted by atomic mass is 9.88. The summed E-state index contributed by atoms with van der Waals surface area (Å²) in [5.74, 6) is -0.308. The molecule has 0 radical (unpaired) electrons. The summed E-state index contributed by atoms with van der Waals surface area (Å²) in [7, 11) is 0. The van der Waals surface area contributed by atoms with Gasteiger partial charge in [0.05, 0.1) is 12.2 Å². The Morgan fingerprint density at radius 1 is 1.25 bits per heavy atom. The molecule has 0 unspecified atom stereocenters. The topological polar surface area (TPSA) is 32.7 Å². The minimum absolute atomic E-state index is 0.141. The molecule has 1 spiro atoms. The molecule has 1 N–H and O–H groups in total. The normalized spacial score (nSPS) is 22.5. The first kappa shape index (κ1) is 14.0. The minimum Gasteiger partial charge on any atom is -0.392 e. The molecule has 2 saturated heterocycles. The molecular formula is C16H22FNO2. The van der Waals surface area contributed by atoms with Gasteiger partial charge in [-0.3, -0.25) is 4.90 Å². The molecule has 0 bridgehead atoms. The fourth-order valence-electron chi connectivity index (χ4n) is 3.34. The maximum absolute atomic E-state index is 13.6. The summed E-state index contributed by atoms with van der Waals surface area (Å²) in [5.41, 5.74) is 1.48. The van der Waals surface area contributed by atoms with Gasteiger partial charge in [-0.15, -0.1) is 0 Å². The van der Waals surface area contributed by atoms with E-state index >= 15 is 0 Å². The quantitative estimate of drug-likeness (QED) is 0.922. The largest absolute Gasteiger partial charge is 0.392 e. The number of aliphatic hydroxyl groups excluding tert-OH is 1. The van der Waals surface area contributed by atoms with Gasteiger partial charge in [0.15, 0.2) is 0 Å². The zero-order chi connectivity index (χ0) is 14.0. The van der Waals surface area contributed by atoms with Gasteiger partial charge in [-0.25, -0.2) is 4.39 Å². The van der Waals surface area contributed by atoms with E-state index in [-0.39, 0.29) is 18.0 Å². The lowest BCUT2D eigenvalue weighted by Gasteiger charge is -2.38. The van der Waals surface area contributed by atoms with Crippen molar-refractivity contribution in [3.63, 3.8) is 0 Å². The first-order valence-electron chi connectivity index (χ1n) is 7.45. The molecule has 0 atom stereocenters. The molecule has 3 rings (SSSR count). The van der Waals surface area contributed by atoms with Crippen LogP contribution in [0.2, 0.25) is 0 Å². The Balaban J connectivity index is 1.58. The van der Waals surface area contributed by atoms with Crippen molar-refractivity contribution in [3.05, 3.63) is 35.1 Å². The number of ether oxygens (including phenoxy) is 1. The van der Waals surface area contributed by atoms with Gasteiger partial charge in [0, 0.05) is 31.8 Å². The summed E-state index contributed by atoms with van der Waals surface area (Å²) in [6, 6.07) is 5.13. The zero-order valence-corrected chi connectivity index (χ0v) is 11.8. The van der Waals surface area contributed by atoms with E-state index in [0.29, 0.717) is 5.56 Å². The van der Waals surface area contributed by atoms with Crippen molar-refractivity contribution in [3.8, 4) is 0 Å². The Labute approximate surface area is 119 Å². The van der Waals surface area contributed by atoms with Gasteiger partial charge in [0.25, 0.3) is 0 Å². The second-order valence-electron chi connectivity index (χ2n) is 6.00. The van der Waals surface area contributed by atoms with E-state index < -0.39 is 0 Å². The highest BCUT2D eigenvalue weighted by Crippen LogP contribution is 2.35. The van der Waals surface area contributed by atoms with E-state index in [0.717, 1.165) is 44.6 Å². The molecule has 0 aliphatic carbocycles. The Kier molecular flexibility index (Phi) is 4.06. The molecule has 110 valence electrons. The van der Waals surface area contributed by atoms with Crippen molar-refractivity contribution in [2.45, 2.75) is 44.4 Å². The van der Waals surface area contributed by atoms with Crippen molar-refractivity contribution in [2.24, 2.45) is 0 Å². The number of hydrogen-bond donors (Lipinski definition) is 1. The van der Waals surface area contributed by atoms with Crippen molar-refractivity contribution in [1.82, 2.24) is 4.90 Å². The minimum atomic E-state index is -0.308. The number of piperidine rings is 1. The van der Waals surface area contributed by atoms with E-state index in [1.807, 2.05) is 6.07 Å². The molecule has 2 aliphatic heterocycles. The zero-order valence-electron chi connectivity index (χ0n) is 11.8. The molecule has 2 fully saturated rings. The van der Waals surface area contributed by atoms with Gasteiger partial charge in [-0.2, -0.15) is 0 Å². The van der Waals surface area contributed by atoms with Crippen LogP contribution in [0, 0.1) is 5.82 Å². The van der Waals surface area contributed by atoms with Gasteiger partial charge in [-0.1, -0.05) is 12.1 Å². The number of hydrogen-bond acceptors (Lipinski definition) is 3. The Morgan fingerprint density at radius 3 is 2.65 bits per heavy atom. The highest BCUT2D eigenvalue weighted by molar-refractivity contribution is 5.24. The molecule has 0 aromatic heterocycles. The maximum atomic E-state index is 13.6. The summed E-state index contributed by atoms with van der Waals surface area (Å²) in [6.45, 7) is 3.48. The monoisotopic (exact) mass is 279 g/mol. The molecule has 3 nitrogen and oxygen atoms in total. The predicted octanol–water partition coefficient (Wildman–Crippen LogP) is 2.46. The molecule has 0 saturated carbocycles. The smallest absolute Gasteiger partial charge is 0.129 e. The fraction of sp³-hybridized carbons (Fsp3) is 0.625. The molecule has 1 aromatic carbocycles. The lowest BCUT2D eigenvalue weighted by molar-refractivity contribution is -0.0447. The van der Waals surface area contributed by atoms with E-state index in [1.54, 1.807) is 12.1 Å². The van der Waals surface area contributed by atoms with Gasteiger partial charge < -0.3 is 9.84 Å². The number of nitrogens with zero attached hydrogens (tertiary/aromatic N) is 1. The van der Waals surface area contributed by atoms with Crippen LogP contribution in [0.1, 0.15) is 36.8 Å². The highest BCUT2D eigenvalue weighted by Gasteiger charge is 2.38. The van der Waals surface area contributed by atoms with Gasteiger partial charge in [0.1, 0.15) is 5.82 Å². The van der Waals surface area contributed by atoms with Crippen molar-refractivity contribution in [1.29, 1.82) is 0 Å². The van der Waals surface area contributed by atoms with Gasteiger partial charge in [-0.05, 0) is 37.3 Å². The van der Waals surface area contributed by atoms with Crippen LogP contribution in [0.3, 0.4) is 0 Å². The summed E-state index contributed by atoms with van der Waals surface area (Å²) < 4.78 is 19.6. The summed E-state index contributed by atoms with van der Waals surface area (Å²) in [4.78, 5) is 2.36. The average molecular weight is 279 g/mol. The van der Waals surface area contributed by atoms with Crippen LogP contribution in [-0.2, 0) is 17.9 Å². The average Bonchev–Trinajstić information content (AvgIpc) is 2.90. The lowest BCUT2D eigenvalue weighted by Crippen LogP contribution is -2.43. The third kappa shape index (κ3) is 2.87. The Hall–Kier alpha value is -0.970. The number of benzene rings is 1. The number of likely N-dealkylation sites (tertiary alicyclic amines) is 1. The summed E-state index contributed by atoms with van der Waals surface area (Å²) >= 11 is 0. The standard InChI is InChI=1S/C16H22FNO2/c17-15-10-13(2-3-14(15)12-19)11-18-7-5-16(6-8-18)4-1-9-20-16/h2-3,10,19H,1,4-9,11-12H2. The van der Waals surface area contributed by atoms with Crippen LogP contribution in [0.25, 0.3) is 0 Å². The van der Waals surface area contributed by atoms with Crippen molar-refractivity contribution in [2.75, 3.05) is 19.7 Å². The first-order chi connectivity index (χ1) is 9.71. The summed E-state index contributed by atoms with van der Waals surface area (Å²) in [6.07, 6.45) is 4.56. The van der Waals surface area contributed by atoms with Crippen LogP contribution in [0.5, 0.6) is 0 Å². The van der Waals surface area contributed by atoms with E-state index in [4.69, 9.17) is 9.84 Å². The van der Waals surface area contributed by atoms with Gasteiger partial charge in [0.2, 0.25) is 0 Å². The number of halogens is 1. The Bertz CT molecular complexity index is 462. The number of rotatable bonds is 3. The van der Waals surface area contributed by atoms with Crippen molar-refractivity contribution >= 4 is 0 Å². The first-order valence-corrected chi connectivity index (χ1v) is 7.45. The van der Waals surface area contributed by atoms with E-state index in [2.05, 4.69) is 4.90 Å². The Morgan fingerprint density at radius 2 is 2.05 bits per heavy atom. The van der Waals surface area contributed by atoms with Crippen LogP contribution >= 0.6 is 0 Å². The predicted molar refractivity (Wildman–Crippen MR) is 74.8 cm³/mol. The van der Waals surface area contributed by atoms with E-state index in [1.165, 1.54) is 12.8 Å². The van der Waals surface area contributed by atoms with Crippen LogP contribution in [0.4, 0.5) is 4.39 Å². The number of aliphatic hydroxyl groups is 1.